The minimum absolute atomic E-state index is 0.563. The van der Waals surface area contributed by atoms with E-state index in [1.54, 1.807) is 11.8 Å². The van der Waals surface area contributed by atoms with Gasteiger partial charge < -0.3 is 16.5 Å². The highest BCUT2D eigenvalue weighted by atomic mass is 32.2. The average molecular weight is 348 g/mol. The summed E-state index contributed by atoms with van der Waals surface area (Å²) in [6, 6.07) is 8.61. The van der Waals surface area contributed by atoms with Crippen molar-refractivity contribution in [2.24, 2.45) is 16.6 Å². The normalized spacial score (nSPS) is 10.3. The maximum atomic E-state index is 5.46. The molecule has 0 unspecified atom stereocenters. The zero-order valence-corrected chi connectivity index (χ0v) is 15.1. The van der Waals surface area contributed by atoms with Crippen molar-refractivity contribution in [2.75, 3.05) is 12.4 Å². The SMILES string of the molecule is C=C.C=N/C(=C\SCN)CCc1ccc(CCNC(=C)NN)cc1. The summed E-state index contributed by atoms with van der Waals surface area (Å²) in [7, 11) is 0. The molecular weight excluding hydrogens is 318 g/mol. The van der Waals surface area contributed by atoms with E-state index >= 15 is 0 Å². The minimum Gasteiger partial charge on any atom is -0.371 e. The molecule has 5 nitrogen and oxygen atoms in total. The van der Waals surface area contributed by atoms with E-state index in [9.17, 15) is 0 Å². The van der Waals surface area contributed by atoms with Gasteiger partial charge >= 0.3 is 0 Å². The van der Waals surface area contributed by atoms with Gasteiger partial charge in [-0.15, -0.1) is 24.9 Å². The first-order valence-corrected chi connectivity index (χ1v) is 8.69. The summed E-state index contributed by atoms with van der Waals surface area (Å²) in [5.41, 5.74) is 11.5. The van der Waals surface area contributed by atoms with Crippen molar-refractivity contribution >= 4 is 18.5 Å². The molecule has 0 aliphatic heterocycles. The Hall–Kier alpha value is -2.02. The predicted octanol–water partition coefficient (Wildman–Crippen LogP) is 2.68. The summed E-state index contributed by atoms with van der Waals surface area (Å²) in [5, 5.41) is 5.07. The van der Waals surface area contributed by atoms with Gasteiger partial charge in [0.1, 0.15) is 5.82 Å². The van der Waals surface area contributed by atoms with Gasteiger partial charge in [-0.2, -0.15) is 0 Å². The molecule has 132 valence electrons. The number of nitrogens with one attached hydrogen (secondary N) is 2. The van der Waals surface area contributed by atoms with Crippen molar-refractivity contribution in [2.45, 2.75) is 19.3 Å². The van der Waals surface area contributed by atoms with Crippen molar-refractivity contribution in [1.82, 2.24) is 10.7 Å². The summed E-state index contributed by atoms with van der Waals surface area (Å²) < 4.78 is 0. The van der Waals surface area contributed by atoms with Crippen LogP contribution in [0.4, 0.5) is 0 Å². The minimum atomic E-state index is 0.563. The smallest absolute Gasteiger partial charge is 0.105 e. The summed E-state index contributed by atoms with van der Waals surface area (Å²) in [5.74, 6) is 6.43. The fourth-order valence-corrected chi connectivity index (χ4v) is 2.35. The molecule has 1 aromatic carbocycles. The third kappa shape index (κ3) is 9.89. The van der Waals surface area contributed by atoms with Crippen LogP contribution in [-0.4, -0.2) is 19.1 Å². The van der Waals surface area contributed by atoms with Crippen molar-refractivity contribution < 1.29 is 0 Å². The topological polar surface area (TPSA) is 88.5 Å². The standard InChI is InChI=1S/C16H25N5S.C2H4/c1-13(21-18)20-10-9-15-5-3-14(4-6-15)7-8-16(19-2)11-22-12-17;1-2/h3-6,11,20-21H,1-2,7-10,12,17-18H2;1-2H2/b16-11-;. The van der Waals surface area contributed by atoms with Crippen LogP contribution in [0.5, 0.6) is 0 Å². The number of nitrogens with two attached hydrogens (primary N) is 2. The van der Waals surface area contributed by atoms with Crippen molar-refractivity contribution in [3.63, 3.8) is 0 Å². The Labute approximate surface area is 150 Å². The second kappa shape index (κ2) is 14.6. The molecule has 6 heteroatoms. The number of rotatable bonds is 11. The first-order chi connectivity index (χ1) is 11.7. The van der Waals surface area contributed by atoms with E-state index in [1.165, 1.54) is 11.1 Å². The summed E-state index contributed by atoms with van der Waals surface area (Å²) in [6.07, 6.45) is 2.75. The molecule has 6 N–H and O–H groups in total. The predicted molar refractivity (Wildman–Crippen MR) is 108 cm³/mol. The van der Waals surface area contributed by atoms with Crippen molar-refractivity contribution in [3.8, 4) is 0 Å². The molecule has 0 spiro atoms. The molecule has 0 heterocycles. The largest absolute Gasteiger partial charge is 0.371 e. The Morgan fingerprint density at radius 2 is 1.75 bits per heavy atom. The Morgan fingerprint density at radius 1 is 1.17 bits per heavy atom. The molecule has 0 atom stereocenters. The number of aliphatic imine (C=N–C) groups is 1. The van der Waals surface area contributed by atoms with Gasteiger partial charge in [-0.3, -0.25) is 4.99 Å². The van der Waals surface area contributed by atoms with Gasteiger partial charge in [-0.1, -0.05) is 30.8 Å². The van der Waals surface area contributed by atoms with Crippen molar-refractivity contribution in [3.05, 3.63) is 72.1 Å². The van der Waals surface area contributed by atoms with Crippen LogP contribution in [-0.2, 0) is 12.8 Å². The highest BCUT2D eigenvalue weighted by Crippen LogP contribution is 2.14. The molecule has 24 heavy (non-hydrogen) atoms. The van der Waals surface area contributed by atoms with Gasteiger partial charge in [0, 0.05) is 18.1 Å². The number of allylic oxidation sites excluding steroid dienone is 1. The van der Waals surface area contributed by atoms with Crippen LogP contribution in [0.3, 0.4) is 0 Å². The first kappa shape index (κ1) is 22.0. The molecule has 0 aliphatic carbocycles. The van der Waals surface area contributed by atoms with Crippen LogP contribution in [0.1, 0.15) is 17.5 Å². The molecule has 0 aliphatic rings. The van der Waals surface area contributed by atoms with Gasteiger partial charge in [0.15, 0.2) is 0 Å². The summed E-state index contributed by atoms with van der Waals surface area (Å²) in [4.78, 5) is 4.03. The quantitative estimate of drug-likeness (QED) is 0.162. The summed E-state index contributed by atoms with van der Waals surface area (Å²) >= 11 is 1.55. The van der Waals surface area contributed by atoms with Crippen LogP contribution >= 0.6 is 11.8 Å². The monoisotopic (exact) mass is 347 g/mol. The van der Waals surface area contributed by atoms with Crippen LogP contribution < -0.4 is 22.3 Å². The van der Waals surface area contributed by atoms with Crippen LogP contribution in [0.15, 0.2) is 65.9 Å². The second-order valence-corrected chi connectivity index (χ2v) is 5.62. The number of thioether (sulfide) groups is 1. The zero-order chi connectivity index (χ0) is 18.2. The Bertz CT molecular complexity index is 511. The first-order valence-electron chi connectivity index (χ1n) is 7.64. The molecular formula is C18H29N5S. The molecule has 0 aromatic heterocycles. The summed E-state index contributed by atoms with van der Waals surface area (Å²) in [6.45, 7) is 14.1. The number of benzene rings is 1. The van der Waals surface area contributed by atoms with E-state index in [0.29, 0.717) is 11.7 Å². The van der Waals surface area contributed by atoms with E-state index in [1.807, 2.05) is 5.41 Å². The number of nitrogens with zero attached hydrogens (tertiary/aromatic N) is 1. The van der Waals surface area contributed by atoms with Gasteiger partial charge in [0.25, 0.3) is 0 Å². The molecule has 1 aromatic rings. The van der Waals surface area contributed by atoms with Gasteiger partial charge in [-0.05, 0) is 42.5 Å². The molecule has 0 amide bonds. The van der Waals surface area contributed by atoms with E-state index < -0.39 is 0 Å². The molecule has 0 fully saturated rings. The molecule has 0 radical (unpaired) electrons. The maximum absolute atomic E-state index is 5.46. The lowest BCUT2D eigenvalue weighted by Crippen LogP contribution is -2.31. The van der Waals surface area contributed by atoms with E-state index in [4.69, 9.17) is 11.6 Å². The second-order valence-electron chi connectivity index (χ2n) is 4.72. The Kier molecular flexibility index (Phi) is 13.3. The van der Waals surface area contributed by atoms with Crippen LogP contribution in [0.2, 0.25) is 0 Å². The number of hydrogen-bond donors (Lipinski definition) is 4. The lowest BCUT2D eigenvalue weighted by Gasteiger charge is -2.09. The van der Waals surface area contributed by atoms with E-state index in [-0.39, 0.29) is 0 Å². The highest BCUT2D eigenvalue weighted by molar-refractivity contribution is 8.02. The fraction of sp³-hybridized carbons (Fsp3) is 0.278. The number of hydrogen-bond acceptors (Lipinski definition) is 6. The van der Waals surface area contributed by atoms with Crippen LogP contribution in [0, 0.1) is 0 Å². The highest BCUT2D eigenvalue weighted by Gasteiger charge is 1.99. The Balaban J connectivity index is 0.00000254. The average Bonchev–Trinajstić information content (AvgIpc) is 2.64. The van der Waals surface area contributed by atoms with E-state index in [0.717, 1.165) is 31.5 Å². The fourth-order valence-electron chi connectivity index (χ4n) is 1.87. The molecule has 1 rings (SSSR count). The van der Waals surface area contributed by atoms with Gasteiger partial charge in [0.2, 0.25) is 0 Å². The lowest BCUT2D eigenvalue weighted by atomic mass is 10.0. The number of aryl methyl sites for hydroxylation is 1. The maximum Gasteiger partial charge on any atom is 0.105 e. The van der Waals surface area contributed by atoms with Crippen molar-refractivity contribution in [1.29, 1.82) is 0 Å². The van der Waals surface area contributed by atoms with Gasteiger partial charge in [-0.25, -0.2) is 5.84 Å². The third-order valence-corrected chi connectivity index (χ3v) is 3.77. The molecule has 0 bridgehead atoms. The zero-order valence-electron chi connectivity index (χ0n) is 14.3. The number of hydrazine groups is 1. The molecule has 0 saturated carbocycles. The lowest BCUT2D eigenvalue weighted by molar-refractivity contribution is 0.704. The Morgan fingerprint density at radius 3 is 2.25 bits per heavy atom. The van der Waals surface area contributed by atoms with Crippen LogP contribution in [0.25, 0.3) is 0 Å². The van der Waals surface area contributed by atoms with E-state index in [2.05, 4.69) is 66.5 Å². The van der Waals surface area contributed by atoms with Gasteiger partial charge in [0.05, 0.1) is 0 Å². The molecule has 0 saturated heterocycles. The third-order valence-electron chi connectivity index (χ3n) is 3.14.